The molecular formula is C19H19BrN2O5S. The first kappa shape index (κ1) is 20.3. The Morgan fingerprint density at radius 2 is 1.96 bits per heavy atom. The second kappa shape index (κ2) is 7.92. The van der Waals surface area contributed by atoms with Crippen LogP contribution >= 0.6 is 15.9 Å². The van der Waals surface area contributed by atoms with Crippen molar-refractivity contribution in [1.29, 1.82) is 0 Å². The molecule has 2 aromatic carbocycles. The molecule has 148 valence electrons. The number of fused-ring (bicyclic) bond motifs is 1. The van der Waals surface area contributed by atoms with E-state index in [4.69, 9.17) is 4.74 Å². The number of carbonyl (C=O) groups excluding carboxylic acids is 2. The normalized spacial score (nSPS) is 13.2. The molecule has 7 nitrogen and oxygen atoms in total. The third-order valence-electron chi connectivity index (χ3n) is 4.50. The number of nitrogens with zero attached hydrogens (tertiary/aromatic N) is 1. The summed E-state index contributed by atoms with van der Waals surface area (Å²) in [6.45, 7) is 2.29. The number of benzene rings is 2. The van der Waals surface area contributed by atoms with Crippen LogP contribution in [-0.2, 0) is 26.0 Å². The fourth-order valence-corrected chi connectivity index (χ4v) is 5.29. The summed E-state index contributed by atoms with van der Waals surface area (Å²) in [7, 11) is -2.80. The van der Waals surface area contributed by atoms with Crippen LogP contribution in [0.5, 0.6) is 0 Å². The van der Waals surface area contributed by atoms with Gasteiger partial charge in [-0.05, 0) is 52.2 Å². The fraction of sp³-hybridized carbons (Fsp3) is 0.263. The van der Waals surface area contributed by atoms with Crippen molar-refractivity contribution in [2.75, 3.05) is 23.3 Å². The maximum absolute atomic E-state index is 13.0. The highest BCUT2D eigenvalue weighted by atomic mass is 79.9. The molecule has 0 radical (unpaired) electrons. The Bertz CT molecular complexity index is 1050. The molecule has 3 rings (SSSR count). The maximum atomic E-state index is 13.0. The summed E-state index contributed by atoms with van der Waals surface area (Å²) in [5.74, 6) is -0.709. The van der Waals surface area contributed by atoms with Gasteiger partial charge in [0.05, 0.1) is 18.4 Å². The van der Waals surface area contributed by atoms with Crippen LogP contribution in [0.2, 0.25) is 0 Å². The molecule has 1 heterocycles. The summed E-state index contributed by atoms with van der Waals surface area (Å²) in [6.07, 6.45) is 1.00. The molecule has 0 spiro atoms. The van der Waals surface area contributed by atoms with Gasteiger partial charge in [0.2, 0.25) is 5.91 Å². The number of amides is 1. The van der Waals surface area contributed by atoms with E-state index in [9.17, 15) is 18.0 Å². The molecule has 0 aromatic heterocycles. The van der Waals surface area contributed by atoms with Crippen molar-refractivity contribution in [3.8, 4) is 0 Å². The lowest BCUT2D eigenvalue weighted by Crippen LogP contribution is -2.28. The first-order valence-electron chi connectivity index (χ1n) is 8.61. The van der Waals surface area contributed by atoms with E-state index in [-0.39, 0.29) is 22.1 Å². The van der Waals surface area contributed by atoms with E-state index >= 15 is 0 Å². The zero-order valence-electron chi connectivity index (χ0n) is 15.4. The minimum Gasteiger partial charge on any atom is -0.465 e. The second-order valence-electron chi connectivity index (χ2n) is 6.20. The molecule has 1 aliphatic rings. The van der Waals surface area contributed by atoms with E-state index in [2.05, 4.69) is 20.7 Å². The molecule has 1 N–H and O–H groups in total. The lowest BCUT2D eigenvalue weighted by Gasteiger charge is -2.18. The van der Waals surface area contributed by atoms with Gasteiger partial charge < -0.3 is 9.64 Å². The highest BCUT2D eigenvalue weighted by molar-refractivity contribution is 9.10. The quantitative estimate of drug-likeness (QED) is 0.682. The number of nitrogens with one attached hydrogen (secondary N) is 1. The van der Waals surface area contributed by atoms with Gasteiger partial charge in [0, 0.05) is 23.1 Å². The number of hydrogen-bond donors (Lipinski definition) is 1. The molecule has 2 aromatic rings. The van der Waals surface area contributed by atoms with Gasteiger partial charge >= 0.3 is 5.97 Å². The van der Waals surface area contributed by atoms with Crippen molar-refractivity contribution in [3.63, 3.8) is 0 Å². The van der Waals surface area contributed by atoms with E-state index in [0.29, 0.717) is 29.5 Å². The number of anilines is 2. The predicted molar refractivity (Wildman–Crippen MR) is 109 cm³/mol. The Kier molecular flexibility index (Phi) is 5.76. The SMILES string of the molecule is CCC(=O)N1CCc2cc(Br)c(S(=O)(=O)Nc3ccccc3C(=O)OC)cc21. The van der Waals surface area contributed by atoms with E-state index in [1.54, 1.807) is 30.0 Å². The van der Waals surface area contributed by atoms with E-state index in [1.807, 2.05) is 0 Å². The molecule has 1 amide bonds. The van der Waals surface area contributed by atoms with Crippen LogP contribution in [0.3, 0.4) is 0 Å². The predicted octanol–water partition coefficient (Wildman–Crippen LogP) is 3.34. The summed E-state index contributed by atoms with van der Waals surface area (Å²) in [6, 6.07) is 9.40. The van der Waals surface area contributed by atoms with Gasteiger partial charge in [0.1, 0.15) is 4.90 Å². The fourth-order valence-electron chi connectivity index (χ4n) is 3.10. The number of methoxy groups -OCH3 is 1. The largest absolute Gasteiger partial charge is 0.465 e. The maximum Gasteiger partial charge on any atom is 0.339 e. The Morgan fingerprint density at radius 3 is 2.64 bits per heavy atom. The molecule has 1 aliphatic heterocycles. The number of esters is 1. The topological polar surface area (TPSA) is 92.8 Å². The molecule has 0 aliphatic carbocycles. The molecule has 0 bridgehead atoms. The van der Waals surface area contributed by atoms with Gasteiger partial charge in [0.25, 0.3) is 10.0 Å². The highest BCUT2D eigenvalue weighted by Crippen LogP contribution is 2.36. The van der Waals surface area contributed by atoms with Gasteiger partial charge in [-0.2, -0.15) is 0 Å². The third kappa shape index (κ3) is 3.77. The third-order valence-corrected chi connectivity index (χ3v) is 6.82. The van der Waals surface area contributed by atoms with Gasteiger partial charge in [-0.3, -0.25) is 9.52 Å². The van der Waals surface area contributed by atoms with Gasteiger partial charge in [-0.1, -0.05) is 19.1 Å². The van der Waals surface area contributed by atoms with E-state index in [1.165, 1.54) is 25.3 Å². The number of para-hydroxylation sites is 1. The number of sulfonamides is 1. The molecular weight excluding hydrogens is 448 g/mol. The monoisotopic (exact) mass is 466 g/mol. The average molecular weight is 467 g/mol. The van der Waals surface area contributed by atoms with Crippen molar-refractivity contribution in [1.82, 2.24) is 0 Å². The lowest BCUT2D eigenvalue weighted by molar-refractivity contribution is -0.118. The summed E-state index contributed by atoms with van der Waals surface area (Å²) in [4.78, 5) is 25.7. The summed E-state index contributed by atoms with van der Waals surface area (Å²) < 4.78 is 33.6. The second-order valence-corrected chi connectivity index (χ2v) is 8.71. The number of hydrogen-bond acceptors (Lipinski definition) is 5. The number of carbonyl (C=O) groups is 2. The van der Waals surface area contributed by atoms with Crippen molar-refractivity contribution in [3.05, 3.63) is 52.0 Å². The standard InChI is InChI=1S/C19H19BrN2O5S/c1-3-18(23)22-9-8-12-10-14(20)17(11-16(12)22)28(25,26)21-15-7-5-4-6-13(15)19(24)27-2/h4-7,10-11,21H,3,8-9H2,1-2H3. The molecule has 28 heavy (non-hydrogen) atoms. The van der Waals surface area contributed by atoms with Crippen LogP contribution in [0.25, 0.3) is 0 Å². The molecule has 9 heteroatoms. The smallest absolute Gasteiger partial charge is 0.339 e. The first-order valence-corrected chi connectivity index (χ1v) is 10.9. The van der Waals surface area contributed by atoms with Crippen LogP contribution in [0, 0.1) is 0 Å². The average Bonchev–Trinajstić information content (AvgIpc) is 3.08. The zero-order chi connectivity index (χ0) is 20.5. The van der Waals surface area contributed by atoms with Crippen LogP contribution in [0.1, 0.15) is 29.3 Å². The molecule has 0 atom stereocenters. The van der Waals surface area contributed by atoms with Gasteiger partial charge in [0.15, 0.2) is 0 Å². The minimum atomic E-state index is -4.03. The van der Waals surface area contributed by atoms with Crippen molar-refractivity contribution in [2.45, 2.75) is 24.7 Å². The molecule has 0 unspecified atom stereocenters. The number of ether oxygens (including phenoxy) is 1. The Hall–Kier alpha value is -2.39. The zero-order valence-corrected chi connectivity index (χ0v) is 17.8. The number of rotatable bonds is 5. The number of halogens is 1. The molecule has 0 saturated heterocycles. The van der Waals surface area contributed by atoms with Crippen LogP contribution < -0.4 is 9.62 Å². The van der Waals surface area contributed by atoms with Gasteiger partial charge in [-0.15, -0.1) is 0 Å². The highest BCUT2D eigenvalue weighted by Gasteiger charge is 2.29. The summed E-state index contributed by atoms with van der Waals surface area (Å²) in [5.41, 5.74) is 1.72. The first-order chi connectivity index (χ1) is 13.3. The Balaban J connectivity index is 2.02. The van der Waals surface area contributed by atoms with Crippen molar-refractivity contribution in [2.24, 2.45) is 0 Å². The molecule has 0 fully saturated rings. The molecule has 0 saturated carbocycles. The lowest BCUT2D eigenvalue weighted by atomic mass is 10.2. The van der Waals surface area contributed by atoms with Crippen LogP contribution in [0.15, 0.2) is 45.8 Å². The minimum absolute atomic E-state index is 0.0123. The van der Waals surface area contributed by atoms with Crippen molar-refractivity contribution >= 4 is 49.2 Å². The van der Waals surface area contributed by atoms with Crippen LogP contribution in [-0.4, -0.2) is 33.9 Å². The van der Waals surface area contributed by atoms with Crippen LogP contribution in [0.4, 0.5) is 11.4 Å². The summed E-state index contributed by atoms with van der Waals surface area (Å²) in [5, 5.41) is 0. The van der Waals surface area contributed by atoms with E-state index < -0.39 is 16.0 Å². The Labute approximate surface area is 171 Å². The van der Waals surface area contributed by atoms with Crippen molar-refractivity contribution < 1.29 is 22.7 Å². The summed E-state index contributed by atoms with van der Waals surface area (Å²) >= 11 is 3.32. The Morgan fingerprint density at radius 1 is 1.25 bits per heavy atom. The van der Waals surface area contributed by atoms with Gasteiger partial charge in [-0.25, -0.2) is 13.2 Å². The van der Waals surface area contributed by atoms with E-state index in [0.717, 1.165) is 5.56 Å².